The van der Waals surface area contributed by atoms with Gasteiger partial charge in [-0.1, -0.05) is 0 Å². The lowest BCUT2D eigenvalue weighted by molar-refractivity contribution is -0.303. The molecule has 80 valence electrons. The molecule has 0 amide bonds. The molecule has 0 aromatic rings. The Hall–Kier alpha value is -1.08. The van der Waals surface area contributed by atoms with E-state index in [2.05, 4.69) is 0 Å². The van der Waals surface area contributed by atoms with Crippen LogP contribution in [0.3, 0.4) is 0 Å². The van der Waals surface area contributed by atoms with Crippen LogP contribution < -0.4 is 0 Å². The number of alkyl halides is 6. The summed E-state index contributed by atoms with van der Waals surface area (Å²) in [5, 5.41) is 0. The van der Waals surface area contributed by atoms with Gasteiger partial charge in [-0.3, -0.25) is 9.59 Å². The molecule has 0 bridgehead atoms. The lowest BCUT2D eigenvalue weighted by Crippen LogP contribution is -2.64. The van der Waals surface area contributed by atoms with Crippen LogP contribution in [0.25, 0.3) is 0 Å². The van der Waals surface area contributed by atoms with Gasteiger partial charge in [0.2, 0.25) is 5.78 Å². The van der Waals surface area contributed by atoms with Crippen molar-refractivity contribution in [3.8, 4) is 0 Å². The Morgan fingerprint density at radius 1 is 0.929 bits per heavy atom. The van der Waals surface area contributed by atoms with E-state index in [0.29, 0.717) is 0 Å². The molecule has 0 saturated heterocycles. The second-order valence-electron chi connectivity index (χ2n) is 2.78. The number of rotatable bonds is 0. The van der Waals surface area contributed by atoms with Crippen molar-refractivity contribution in [1.29, 1.82) is 0 Å². The first-order chi connectivity index (χ1) is 6.04. The van der Waals surface area contributed by atoms with E-state index in [4.69, 9.17) is 0 Å². The summed E-state index contributed by atoms with van der Waals surface area (Å²) in [5.41, 5.74) is 0. The normalized spacial score (nSPS) is 29.0. The average Bonchev–Trinajstić information content (AvgIpc) is 1.99. The molecule has 0 atom stereocenters. The number of hydrogen-bond acceptors (Lipinski definition) is 2. The molecule has 1 fully saturated rings. The molecular weight excluding hydrogens is 218 g/mol. The van der Waals surface area contributed by atoms with E-state index in [9.17, 15) is 35.9 Å². The maximum Gasteiger partial charge on any atom is 0.380 e. The van der Waals surface area contributed by atoms with Gasteiger partial charge in [-0.25, -0.2) is 0 Å². The first-order valence-electron chi connectivity index (χ1n) is 3.25. The minimum atomic E-state index is -5.81. The van der Waals surface area contributed by atoms with Crippen molar-refractivity contribution in [3.63, 3.8) is 0 Å². The second-order valence-corrected chi connectivity index (χ2v) is 2.78. The predicted molar refractivity (Wildman–Crippen MR) is 29.5 cm³/mol. The Balaban J connectivity index is 3.29. The van der Waals surface area contributed by atoms with Crippen LogP contribution in [0.5, 0.6) is 0 Å². The van der Waals surface area contributed by atoms with Crippen LogP contribution in [0, 0.1) is 0 Å². The summed E-state index contributed by atoms with van der Waals surface area (Å²) in [7, 11) is 0. The Morgan fingerprint density at radius 3 is 1.79 bits per heavy atom. The Kier molecular flexibility index (Phi) is 1.95. The number of ketones is 2. The third kappa shape index (κ3) is 1.05. The van der Waals surface area contributed by atoms with E-state index in [0.717, 1.165) is 0 Å². The number of hydrogen-bond donors (Lipinski definition) is 0. The van der Waals surface area contributed by atoms with Gasteiger partial charge in [-0.05, 0) is 0 Å². The van der Waals surface area contributed by atoms with Crippen LogP contribution in [0.15, 0.2) is 0 Å². The zero-order valence-electron chi connectivity index (χ0n) is 6.29. The molecule has 0 spiro atoms. The summed E-state index contributed by atoms with van der Waals surface area (Å²) in [4.78, 5) is 20.5. The highest BCUT2D eigenvalue weighted by atomic mass is 19.3. The number of Topliss-reactive ketones (excluding diaryl/α,β-unsaturated/α-hetero) is 2. The fourth-order valence-corrected chi connectivity index (χ4v) is 0.940. The van der Waals surface area contributed by atoms with Gasteiger partial charge in [0.25, 0.3) is 5.78 Å². The molecule has 1 saturated carbocycles. The lowest BCUT2D eigenvalue weighted by atomic mass is 9.87. The summed E-state index contributed by atoms with van der Waals surface area (Å²) in [6, 6.07) is 0. The lowest BCUT2D eigenvalue weighted by Gasteiger charge is -2.34. The molecule has 2 nitrogen and oxygen atoms in total. The van der Waals surface area contributed by atoms with Crippen LogP contribution in [0.2, 0.25) is 0 Å². The maximum atomic E-state index is 12.3. The first-order valence-corrected chi connectivity index (χ1v) is 3.25. The number of carbonyl (C=O) groups is 2. The molecule has 0 unspecified atom stereocenters. The first kappa shape index (κ1) is 11.0. The van der Waals surface area contributed by atoms with Crippen LogP contribution in [0.4, 0.5) is 26.3 Å². The van der Waals surface area contributed by atoms with Gasteiger partial charge in [-0.15, -0.1) is 0 Å². The Bertz CT molecular complexity index is 307. The van der Waals surface area contributed by atoms with Crippen LogP contribution in [-0.4, -0.2) is 29.3 Å². The minimum Gasteiger partial charge on any atom is -0.290 e. The van der Waals surface area contributed by atoms with Crippen LogP contribution in [-0.2, 0) is 9.59 Å². The van der Waals surface area contributed by atoms with Crippen LogP contribution in [0.1, 0.15) is 6.42 Å². The molecule has 8 heteroatoms. The van der Waals surface area contributed by atoms with E-state index in [1.165, 1.54) is 0 Å². The molecule has 0 aliphatic heterocycles. The van der Waals surface area contributed by atoms with Gasteiger partial charge in [-0.2, -0.15) is 26.3 Å². The highest BCUT2D eigenvalue weighted by Crippen LogP contribution is 2.51. The average molecular weight is 220 g/mol. The quantitative estimate of drug-likeness (QED) is 0.457. The minimum absolute atomic E-state index is 2.19. The number of halogens is 6. The predicted octanol–water partition coefficient (Wildman–Crippen LogP) is 1.43. The monoisotopic (exact) mass is 220 g/mol. The van der Waals surface area contributed by atoms with Gasteiger partial charge in [0.1, 0.15) is 0 Å². The topological polar surface area (TPSA) is 34.1 Å². The number of carbonyl (C=O) groups excluding carboxylic acids is 2. The van der Waals surface area contributed by atoms with Crippen LogP contribution >= 0.6 is 0 Å². The summed E-state index contributed by atoms with van der Waals surface area (Å²) in [5.74, 6) is -21.6. The fraction of sp³-hybridized carbons (Fsp3) is 0.667. The molecule has 0 radical (unpaired) electrons. The zero-order valence-corrected chi connectivity index (χ0v) is 6.29. The van der Waals surface area contributed by atoms with E-state index >= 15 is 0 Å². The van der Waals surface area contributed by atoms with E-state index < -0.39 is 35.8 Å². The van der Waals surface area contributed by atoms with Crippen molar-refractivity contribution in [3.05, 3.63) is 0 Å². The highest BCUT2D eigenvalue weighted by Gasteiger charge is 2.79. The zero-order chi connectivity index (χ0) is 11.4. The molecular formula is C6H2F6O2. The largest absolute Gasteiger partial charge is 0.380 e. The van der Waals surface area contributed by atoms with Crippen molar-refractivity contribution >= 4 is 11.6 Å². The molecule has 0 aromatic carbocycles. The third-order valence-electron chi connectivity index (χ3n) is 1.77. The Labute approximate surface area is 72.9 Å². The smallest absolute Gasteiger partial charge is 0.290 e. The molecule has 1 rings (SSSR count). The highest BCUT2D eigenvalue weighted by molar-refractivity contribution is 6.41. The van der Waals surface area contributed by atoms with Crippen molar-refractivity contribution in [2.24, 2.45) is 0 Å². The van der Waals surface area contributed by atoms with Crippen molar-refractivity contribution < 1.29 is 35.9 Å². The summed E-state index contributed by atoms with van der Waals surface area (Å²) in [6.07, 6.45) is -2.19. The van der Waals surface area contributed by atoms with Crippen molar-refractivity contribution in [2.75, 3.05) is 0 Å². The van der Waals surface area contributed by atoms with Gasteiger partial charge in [0, 0.05) is 0 Å². The molecule has 0 aromatic heterocycles. The van der Waals surface area contributed by atoms with Gasteiger partial charge < -0.3 is 0 Å². The SMILES string of the molecule is O=C1CC(F)(F)C(F)(F)C(F)(F)C1=O. The molecule has 1 aliphatic rings. The summed E-state index contributed by atoms with van der Waals surface area (Å²) >= 11 is 0. The third-order valence-corrected chi connectivity index (χ3v) is 1.77. The summed E-state index contributed by atoms with van der Waals surface area (Å²) < 4.78 is 73.9. The van der Waals surface area contributed by atoms with Gasteiger partial charge >= 0.3 is 17.8 Å². The van der Waals surface area contributed by atoms with Gasteiger partial charge in [0.15, 0.2) is 0 Å². The maximum absolute atomic E-state index is 12.3. The second kappa shape index (κ2) is 2.48. The fourth-order valence-electron chi connectivity index (χ4n) is 0.940. The van der Waals surface area contributed by atoms with E-state index in [1.54, 1.807) is 0 Å². The van der Waals surface area contributed by atoms with E-state index in [1.807, 2.05) is 0 Å². The molecule has 1 aliphatic carbocycles. The standard InChI is InChI=1S/C6H2F6O2/c7-4(8)1-2(13)3(14)5(9,10)6(4,11)12/h1H2. The summed E-state index contributed by atoms with van der Waals surface area (Å²) in [6.45, 7) is 0. The van der Waals surface area contributed by atoms with Crippen molar-refractivity contribution in [2.45, 2.75) is 24.2 Å². The molecule has 14 heavy (non-hydrogen) atoms. The van der Waals surface area contributed by atoms with Crippen molar-refractivity contribution in [1.82, 2.24) is 0 Å². The van der Waals surface area contributed by atoms with E-state index in [-0.39, 0.29) is 0 Å². The Morgan fingerprint density at radius 2 is 1.36 bits per heavy atom. The molecule has 0 N–H and O–H groups in total. The van der Waals surface area contributed by atoms with Gasteiger partial charge in [0.05, 0.1) is 6.42 Å². The molecule has 0 heterocycles.